The number of alkyl halides is 3. The van der Waals surface area contributed by atoms with Crippen molar-refractivity contribution in [2.24, 2.45) is 17.8 Å². The van der Waals surface area contributed by atoms with Crippen molar-refractivity contribution in [2.45, 2.75) is 25.1 Å². The van der Waals surface area contributed by atoms with Crippen molar-refractivity contribution in [2.75, 3.05) is 19.6 Å². The summed E-state index contributed by atoms with van der Waals surface area (Å²) in [5.41, 5.74) is 0. The highest BCUT2D eigenvalue weighted by Gasteiger charge is 2.54. The Labute approximate surface area is 97.3 Å². The molecule has 4 rings (SSSR count). The molecule has 1 amide bonds. The standard InChI is InChI=1S/C11H15F3N2O/c12-11(13,14)10(17)16-5-6-1-2-9(16)8-4-15-3-7(6)8/h6-9,15H,1-5H2/t6-,7+,8-,9+/m1/s1. The van der Waals surface area contributed by atoms with Gasteiger partial charge in [-0.3, -0.25) is 4.79 Å². The van der Waals surface area contributed by atoms with Crippen molar-refractivity contribution in [3.05, 3.63) is 0 Å². The van der Waals surface area contributed by atoms with Gasteiger partial charge in [-0.15, -0.1) is 0 Å². The largest absolute Gasteiger partial charge is 0.471 e. The van der Waals surface area contributed by atoms with Crippen molar-refractivity contribution in [1.82, 2.24) is 10.2 Å². The molecule has 0 unspecified atom stereocenters. The lowest BCUT2D eigenvalue weighted by Crippen LogP contribution is -2.61. The van der Waals surface area contributed by atoms with E-state index in [1.165, 1.54) is 0 Å². The summed E-state index contributed by atoms with van der Waals surface area (Å²) in [6.07, 6.45) is -3.02. The van der Waals surface area contributed by atoms with Crippen LogP contribution in [0.5, 0.6) is 0 Å². The molecule has 0 aromatic heterocycles. The van der Waals surface area contributed by atoms with E-state index in [-0.39, 0.29) is 17.9 Å². The van der Waals surface area contributed by atoms with Crippen molar-refractivity contribution in [1.29, 1.82) is 0 Å². The Balaban J connectivity index is 1.83. The van der Waals surface area contributed by atoms with Crippen molar-refractivity contribution >= 4 is 5.91 Å². The summed E-state index contributed by atoms with van der Waals surface area (Å²) in [7, 11) is 0. The summed E-state index contributed by atoms with van der Waals surface area (Å²) >= 11 is 0. The minimum absolute atomic E-state index is 0.200. The number of halogens is 3. The summed E-state index contributed by atoms with van der Waals surface area (Å²) in [4.78, 5) is 12.5. The third kappa shape index (κ3) is 1.64. The van der Waals surface area contributed by atoms with Crippen LogP contribution in [-0.4, -0.2) is 42.7 Å². The van der Waals surface area contributed by atoms with Gasteiger partial charge >= 0.3 is 12.1 Å². The van der Waals surface area contributed by atoms with Crippen molar-refractivity contribution < 1.29 is 18.0 Å². The minimum Gasteiger partial charge on any atom is -0.331 e. The molecule has 3 aliphatic heterocycles. The second kappa shape index (κ2) is 3.60. The first-order valence-electron chi connectivity index (χ1n) is 6.07. The molecule has 4 atom stereocenters. The maximum absolute atomic E-state index is 12.5. The lowest BCUT2D eigenvalue weighted by atomic mass is 9.66. The normalized spacial score (nSPS) is 40.5. The number of fused-ring (bicyclic) bond motifs is 2. The number of hydrogen-bond donors (Lipinski definition) is 1. The van der Waals surface area contributed by atoms with Crippen LogP contribution in [0.2, 0.25) is 0 Å². The zero-order valence-electron chi connectivity index (χ0n) is 9.33. The smallest absolute Gasteiger partial charge is 0.331 e. The van der Waals surface area contributed by atoms with Crippen LogP contribution in [0.3, 0.4) is 0 Å². The van der Waals surface area contributed by atoms with Gasteiger partial charge in [0.1, 0.15) is 0 Å². The molecule has 1 N–H and O–H groups in total. The topological polar surface area (TPSA) is 32.3 Å². The molecule has 0 spiro atoms. The van der Waals surface area contributed by atoms with E-state index in [1.54, 1.807) is 0 Å². The number of nitrogens with one attached hydrogen (secondary N) is 1. The Morgan fingerprint density at radius 2 is 1.88 bits per heavy atom. The minimum atomic E-state index is -4.72. The van der Waals surface area contributed by atoms with E-state index in [2.05, 4.69) is 5.32 Å². The molecule has 3 saturated heterocycles. The maximum Gasteiger partial charge on any atom is 0.471 e. The molecule has 0 radical (unpaired) electrons. The molecule has 3 heterocycles. The third-order valence-electron chi connectivity index (χ3n) is 4.58. The third-order valence-corrected chi connectivity index (χ3v) is 4.58. The fourth-order valence-electron chi connectivity index (χ4n) is 3.87. The Hall–Kier alpha value is -0.780. The second-order valence-corrected chi connectivity index (χ2v) is 5.35. The van der Waals surface area contributed by atoms with Gasteiger partial charge in [0.05, 0.1) is 0 Å². The summed E-state index contributed by atoms with van der Waals surface area (Å²) in [6.45, 7) is 1.96. The van der Waals surface area contributed by atoms with Crippen molar-refractivity contribution in [3.63, 3.8) is 0 Å². The van der Waals surface area contributed by atoms with Gasteiger partial charge in [-0.1, -0.05) is 0 Å². The molecule has 1 saturated carbocycles. The van der Waals surface area contributed by atoms with Gasteiger partial charge in [-0.05, 0) is 37.1 Å². The highest BCUT2D eigenvalue weighted by molar-refractivity contribution is 5.82. The number of hydrogen-bond acceptors (Lipinski definition) is 2. The van der Waals surface area contributed by atoms with Gasteiger partial charge in [0.25, 0.3) is 0 Å². The van der Waals surface area contributed by atoms with Gasteiger partial charge in [0, 0.05) is 19.1 Å². The molecule has 96 valence electrons. The highest BCUT2D eigenvalue weighted by atomic mass is 19.4. The molecule has 17 heavy (non-hydrogen) atoms. The predicted molar refractivity (Wildman–Crippen MR) is 54.1 cm³/mol. The summed E-state index contributed by atoms with van der Waals surface area (Å²) in [6, 6.07) is -0.200. The van der Waals surface area contributed by atoms with E-state index in [0.717, 1.165) is 30.8 Å². The van der Waals surface area contributed by atoms with Crippen LogP contribution in [0.4, 0.5) is 13.2 Å². The lowest BCUT2D eigenvalue weighted by molar-refractivity contribution is -0.196. The first-order chi connectivity index (χ1) is 7.98. The van der Waals surface area contributed by atoms with Crippen LogP contribution < -0.4 is 5.32 Å². The molecule has 4 aliphatic rings. The number of rotatable bonds is 0. The summed E-state index contributed by atoms with van der Waals surface area (Å²) in [5, 5.41) is 3.24. The van der Waals surface area contributed by atoms with E-state index in [4.69, 9.17) is 0 Å². The van der Waals surface area contributed by atoms with Crippen LogP contribution in [-0.2, 0) is 4.79 Å². The SMILES string of the molecule is O=C(N1C[C@H]2CC[C@H]1[C@@H]1CNC[C@@H]21)C(F)(F)F. The number of piperidine rings is 2. The molecule has 6 heteroatoms. The Morgan fingerprint density at radius 3 is 2.59 bits per heavy atom. The van der Waals surface area contributed by atoms with E-state index >= 15 is 0 Å². The monoisotopic (exact) mass is 248 g/mol. The van der Waals surface area contributed by atoms with E-state index in [0.29, 0.717) is 12.5 Å². The highest BCUT2D eigenvalue weighted by Crippen LogP contribution is 2.45. The van der Waals surface area contributed by atoms with Gasteiger partial charge in [-0.25, -0.2) is 0 Å². The number of carbonyl (C=O) groups excluding carboxylic acids is 1. The predicted octanol–water partition coefficient (Wildman–Crippen LogP) is 1.01. The second-order valence-electron chi connectivity index (χ2n) is 5.35. The number of nitrogens with zero attached hydrogens (tertiary/aromatic N) is 1. The average Bonchev–Trinajstić information content (AvgIpc) is 2.77. The van der Waals surface area contributed by atoms with Crippen LogP contribution in [0.1, 0.15) is 12.8 Å². The van der Waals surface area contributed by atoms with Gasteiger partial charge in [-0.2, -0.15) is 13.2 Å². The lowest BCUT2D eigenvalue weighted by Gasteiger charge is -2.52. The molecule has 0 aromatic rings. The fraction of sp³-hybridized carbons (Fsp3) is 0.909. The van der Waals surface area contributed by atoms with E-state index < -0.39 is 12.1 Å². The first kappa shape index (κ1) is 11.3. The Kier molecular flexibility index (Phi) is 2.40. The molecular formula is C11H15F3N2O. The van der Waals surface area contributed by atoms with Crippen LogP contribution in [0, 0.1) is 17.8 Å². The van der Waals surface area contributed by atoms with Crippen LogP contribution in [0.25, 0.3) is 0 Å². The van der Waals surface area contributed by atoms with Gasteiger partial charge in [0.2, 0.25) is 0 Å². The molecule has 4 fully saturated rings. The van der Waals surface area contributed by atoms with Gasteiger partial charge < -0.3 is 10.2 Å². The van der Waals surface area contributed by atoms with Crippen LogP contribution in [0.15, 0.2) is 0 Å². The maximum atomic E-state index is 12.5. The Bertz CT molecular complexity index is 344. The summed E-state index contributed by atoms with van der Waals surface area (Å²) < 4.78 is 37.5. The Morgan fingerprint density at radius 1 is 1.18 bits per heavy atom. The quantitative estimate of drug-likeness (QED) is 0.693. The fourth-order valence-corrected chi connectivity index (χ4v) is 3.87. The molecule has 1 aliphatic carbocycles. The van der Waals surface area contributed by atoms with E-state index in [1.807, 2.05) is 0 Å². The van der Waals surface area contributed by atoms with Gasteiger partial charge in [0.15, 0.2) is 0 Å². The summed E-state index contributed by atoms with van der Waals surface area (Å²) in [5.74, 6) is -0.677. The zero-order chi connectivity index (χ0) is 12.2. The van der Waals surface area contributed by atoms with Crippen molar-refractivity contribution in [3.8, 4) is 0 Å². The molecule has 3 nitrogen and oxygen atoms in total. The zero-order valence-corrected chi connectivity index (χ0v) is 9.33. The molecule has 0 aromatic carbocycles. The number of amides is 1. The van der Waals surface area contributed by atoms with E-state index in [9.17, 15) is 18.0 Å². The molecular weight excluding hydrogens is 233 g/mol. The van der Waals surface area contributed by atoms with Crippen LogP contribution >= 0.6 is 0 Å². The first-order valence-corrected chi connectivity index (χ1v) is 6.07. The molecule has 2 bridgehead atoms. The number of carbonyl (C=O) groups is 1. The average molecular weight is 248 g/mol.